The number of benzene rings is 1. The molecule has 0 aliphatic carbocycles. The van der Waals surface area contributed by atoms with E-state index in [0.717, 1.165) is 17.5 Å². The predicted octanol–water partition coefficient (Wildman–Crippen LogP) is 1.84. The monoisotopic (exact) mass is 245 g/mol. The van der Waals surface area contributed by atoms with Gasteiger partial charge in [0.15, 0.2) is 0 Å². The Morgan fingerprint density at radius 1 is 1.44 bits per heavy atom. The molecule has 0 bridgehead atoms. The predicted molar refractivity (Wildman–Crippen MR) is 71.8 cm³/mol. The van der Waals surface area contributed by atoms with Gasteiger partial charge in [-0.25, -0.2) is 0 Å². The van der Waals surface area contributed by atoms with Crippen LogP contribution in [0.5, 0.6) is 0 Å². The molecule has 0 aliphatic heterocycles. The van der Waals surface area contributed by atoms with E-state index < -0.39 is 0 Å². The third kappa shape index (κ3) is 5.51. The molecule has 2 N–H and O–H groups in total. The third-order valence-corrected chi connectivity index (χ3v) is 2.36. The van der Waals surface area contributed by atoms with Gasteiger partial charge in [0.05, 0.1) is 6.61 Å². The van der Waals surface area contributed by atoms with Crippen molar-refractivity contribution >= 4 is 5.91 Å². The van der Waals surface area contributed by atoms with E-state index in [-0.39, 0.29) is 12.5 Å². The highest BCUT2D eigenvalue weighted by molar-refractivity contribution is 5.75. The normalized spacial score (nSPS) is 9.44. The summed E-state index contributed by atoms with van der Waals surface area (Å²) in [6.45, 7) is 2.60. The summed E-state index contributed by atoms with van der Waals surface area (Å²) in [4.78, 5) is 11.3. The van der Waals surface area contributed by atoms with E-state index in [0.29, 0.717) is 19.4 Å². The van der Waals surface area contributed by atoms with Crippen LogP contribution in [-0.4, -0.2) is 17.6 Å². The highest BCUT2D eigenvalue weighted by atomic mass is 16.2. The fraction of sp³-hybridized carbons (Fsp3) is 0.400. The van der Waals surface area contributed by atoms with Crippen LogP contribution in [0.4, 0.5) is 0 Å². The SMILES string of the molecule is CCCC(=O)NCc1cccc(C#CCCO)c1. The minimum absolute atomic E-state index is 0.0780. The van der Waals surface area contributed by atoms with Gasteiger partial charge < -0.3 is 10.4 Å². The van der Waals surface area contributed by atoms with Gasteiger partial charge in [0, 0.05) is 24.9 Å². The molecule has 0 radical (unpaired) electrons. The van der Waals surface area contributed by atoms with Crippen molar-refractivity contribution in [2.24, 2.45) is 0 Å². The van der Waals surface area contributed by atoms with Crippen LogP contribution in [0.15, 0.2) is 24.3 Å². The highest BCUT2D eigenvalue weighted by Crippen LogP contribution is 2.04. The number of hydrogen-bond donors (Lipinski definition) is 2. The number of carbonyl (C=O) groups is 1. The summed E-state index contributed by atoms with van der Waals surface area (Å²) < 4.78 is 0. The van der Waals surface area contributed by atoms with Crippen LogP contribution in [0.3, 0.4) is 0 Å². The van der Waals surface area contributed by atoms with E-state index in [4.69, 9.17) is 5.11 Å². The molecule has 1 amide bonds. The number of hydrogen-bond acceptors (Lipinski definition) is 2. The van der Waals surface area contributed by atoms with Crippen LogP contribution in [0.2, 0.25) is 0 Å². The molecule has 0 saturated heterocycles. The van der Waals surface area contributed by atoms with Gasteiger partial charge in [-0.05, 0) is 24.1 Å². The number of aliphatic hydroxyl groups is 1. The second kappa shape index (κ2) is 8.32. The molecule has 3 heteroatoms. The van der Waals surface area contributed by atoms with Crippen LogP contribution < -0.4 is 5.32 Å². The number of aliphatic hydroxyl groups excluding tert-OH is 1. The number of amides is 1. The van der Waals surface area contributed by atoms with Crippen molar-refractivity contribution in [1.29, 1.82) is 0 Å². The van der Waals surface area contributed by atoms with Crippen LogP contribution in [0, 0.1) is 11.8 Å². The first kappa shape index (κ1) is 14.3. The molecule has 0 unspecified atom stereocenters. The molecule has 18 heavy (non-hydrogen) atoms. The Balaban J connectivity index is 2.55. The fourth-order valence-electron chi connectivity index (χ4n) is 1.50. The average molecular weight is 245 g/mol. The second-order valence-corrected chi connectivity index (χ2v) is 4.00. The zero-order valence-corrected chi connectivity index (χ0v) is 10.7. The molecular weight excluding hydrogens is 226 g/mol. The van der Waals surface area contributed by atoms with Gasteiger partial charge in [-0.3, -0.25) is 4.79 Å². The van der Waals surface area contributed by atoms with Gasteiger partial charge in [0.2, 0.25) is 5.91 Å². The summed E-state index contributed by atoms with van der Waals surface area (Å²) in [5.41, 5.74) is 1.95. The standard InChI is InChI=1S/C15H19NO2/c1-2-6-15(18)16-12-14-9-5-8-13(11-14)7-3-4-10-17/h5,8-9,11,17H,2,4,6,10,12H2,1H3,(H,16,18). The maximum atomic E-state index is 11.3. The molecule has 0 saturated carbocycles. The van der Waals surface area contributed by atoms with Gasteiger partial charge >= 0.3 is 0 Å². The van der Waals surface area contributed by atoms with Crippen molar-refractivity contribution < 1.29 is 9.90 Å². The molecule has 0 atom stereocenters. The Morgan fingerprint density at radius 2 is 2.28 bits per heavy atom. The van der Waals surface area contributed by atoms with Gasteiger partial charge in [-0.15, -0.1) is 0 Å². The maximum absolute atomic E-state index is 11.3. The van der Waals surface area contributed by atoms with E-state index in [1.807, 2.05) is 31.2 Å². The first-order chi connectivity index (χ1) is 8.76. The lowest BCUT2D eigenvalue weighted by molar-refractivity contribution is -0.121. The number of nitrogens with one attached hydrogen (secondary N) is 1. The molecule has 96 valence electrons. The van der Waals surface area contributed by atoms with Crippen LogP contribution in [0.25, 0.3) is 0 Å². The lowest BCUT2D eigenvalue weighted by atomic mass is 10.1. The summed E-state index contributed by atoms with van der Waals surface area (Å²) >= 11 is 0. The van der Waals surface area contributed by atoms with Crippen LogP contribution in [-0.2, 0) is 11.3 Å². The lowest BCUT2D eigenvalue weighted by Crippen LogP contribution is -2.22. The first-order valence-electron chi connectivity index (χ1n) is 6.21. The van der Waals surface area contributed by atoms with Crippen molar-refractivity contribution in [2.75, 3.05) is 6.61 Å². The summed E-state index contributed by atoms with van der Waals surface area (Å²) in [5, 5.41) is 11.5. The molecule has 0 heterocycles. The van der Waals surface area contributed by atoms with Crippen molar-refractivity contribution in [2.45, 2.75) is 32.7 Å². The Kier molecular flexibility index (Phi) is 6.60. The minimum Gasteiger partial charge on any atom is -0.395 e. The Bertz CT molecular complexity index is 443. The molecule has 0 spiro atoms. The van der Waals surface area contributed by atoms with E-state index in [2.05, 4.69) is 17.2 Å². The molecule has 0 fully saturated rings. The highest BCUT2D eigenvalue weighted by Gasteiger charge is 1.99. The van der Waals surface area contributed by atoms with Gasteiger partial charge in [0.1, 0.15) is 0 Å². The van der Waals surface area contributed by atoms with Gasteiger partial charge in [0.25, 0.3) is 0 Å². The van der Waals surface area contributed by atoms with Crippen molar-refractivity contribution in [3.8, 4) is 11.8 Å². The zero-order valence-electron chi connectivity index (χ0n) is 10.7. The fourth-order valence-corrected chi connectivity index (χ4v) is 1.50. The van der Waals surface area contributed by atoms with Gasteiger partial charge in [-0.2, -0.15) is 0 Å². The summed E-state index contributed by atoms with van der Waals surface area (Å²) in [6, 6.07) is 7.76. The van der Waals surface area contributed by atoms with E-state index in [1.54, 1.807) is 0 Å². The second-order valence-electron chi connectivity index (χ2n) is 4.00. The average Bonchev–Trinajstić information content (AvgIpc) is 2.38. The smallest absolute Gasteiger partial charge is 0.220 e. The van der Waals surface area contributed by atoms with E-state index in [9.17, 15) is 4.79 Å². The summed E-state index contributed by atoms with van der Waals surface area (Å²) in [5.74, 6) is 5.93. The molecule has 0 aliphatic rings. The summed E-state index contributed by atoms with van der Waals surface area (Å²) in [6.07, 6.45) is 1.91. The summed E-state index contributed by atoms with van der Waals surface area (Å²) in [7, 11) is 0. The van der Waals surface area contributed by atoms with Crippen molar-refractivity contribution in [1.82, 2.24) is 5.32 Å². The molecule has 3 nitrogen and oxygen atoms in total. The quantitative estimate of drug-likeness (QED) is 0.778. The van der Waals surface area contributed by atoms with Crippen LogP contribution in [0.1, 0.15) is 37.3 Å². The number of carbonyl (C=O) groups excluding carboxylic acids is 1. The van der Waals surface area contributed by atoms with Crippen molar-refractivity contribution in [3.63, 3.8) is 0 Å². The Labute approximate surface area is 108 Å². The first-order valence-corrected chi connectivity index (χ1v) is 6.21. The third-order valence-electron chi connectivity index (χ3n) is 2.36. The largest absolute Gasteiger partial charge is 0.395 e. The molecule has 1 aromatic rings. The van der Waals surface area contributed by atoms with E-state index >= 15 is 0 Å². The topological polar surface area (TPSA) is 49.3 Å². The van der Waals surface area contributed by atoms with Crippen LogP contribution >= 0.6 is 0 Å². The van der Waals surface area contributed by atoms with Crippen molar-refractivity contribution in [3.05, 3.63) is 35.4 Å². The molecular formula is C15H19NO2. The lowest BCUT2D eigenvalue weighted by Gasteiger charge is -2.04. The number of rotatable bonds is 5. The van der Waals surface area contributed by atoms with E-state index in [1.165, 1.54) is 0 Å². The molecule has 1 aromatic carbocycles. The maximum Gasteiger partial charge on any atom is 0.220 e. The van der Waals surface area contributed by atoms with Gasteiger partial charge in [-0.1, -0.05) is 30.9 Å². The minimum atomic E-state index is 0.0780. The zero-order chi connectivity index (χ0) is 13.2. The molecule has 0 aromatic heterocycles. The molecule has 1 rings (SSSR count). The Morgan fingerprint density at radius 3 is 3.00 bits per heavy atom. The Hall–Kier alpha value is -1.79.